The third kappa shape index (κ3) is 2.00. The first-order chi connectivity index (χ1) is 9.06. The van der Waals surface area contributed by atoms with Crippen molar-refractivity contribution in [2.75, 3.05) is 6.54 Å². The molecule has 0 bridgehead atoms. The smallest absolute Gasteiger partial charge is 0.307 e. The molecule has 1 aromatic carbocycles. The van der Waals surface area contributed by atoms with Crippen LogP contribution in [0.5, 0.6) is 0 Å². The number of halogens is 1. The fraction of sp³-hybridized carbons (Fsp3) is 0.357. The summed E-state index contributed by atoms with van der Waals surface area (Å²) in [6, 6.07) is 4.97. The normalized spacial score (nSPS) is 23.1. The van der Waals surface area contributed by atoms with Crippen molar-refractivity contribution in [2.45, 2.75) is 12.5 Å². The fourth-order valence-corrected chi connectivity index (χ4v) is 2.73. The number of rotatable bonds is 2. The van der Waals surface area contributed by atoms with Gasteiger partial charge in [-0.05, 0) is 24.6 Å². The number of nitrogens with zero attached hydrogens (tertiary/aromatic N) is 1. The summed E-state index contributed by atoms with van der Waals surface area (Å²) in [5.74, 6) is -1.54. The Labute approximate surface area is 109 Å². The van der Waals surface area contributed by atoms with E-state index in [-0.39, 0.29) is 11.9 Å². The topological polar surface area (TPSA) is 54.3 Å². The average molecular weight is 262 g/mol. The number of carboxylic acid groups (broad SMARTS) is 1. The molecule has 0 saturated carbocycles. The molecule has 0 spiro atoms. The van der Waals surface area contributed by atoms with Crippen molar-refractivity contribution in [1.82, 2.24) is 9.88 Å². The van der Waals surface area contributed by atoms with Crippen LogP contribution >= 0.6 is 0 Å². The number of aryl methyl sites for hydroxylation is 1. The monoisotopic (exact) mass is 262 g/mol. The molecule has 4 nitrogen and oxygen atoms in total. The highest BCUT2D eigenvalue weighted by atomic mass is 19.1. The van der Waals surface area contributed by atoms with Crippen molar-refractivity contribution in [3.8, 4) is 0 Å². The van der Waals surface area contributed by atoms with Crippen LogP contribution in [0.3, 0.4) is 0 Å². The number of aromatic nitrogens is 1. The number of nitrogens with one attached hydrogen (secondary N) is 1. The minimum absolute atomic E-state index is 0.222. The summed E-state index contributed by atoms with van der Waals surface area (Å²) < 4.78 is 16.0. The van der Waals surface area contributed by atoms with Crippen LogP contribution in [0.4, 0.5) is 4.39 Å². The Morgan fingerprint density at radius 2 is 2.32 bits per heavy atom. The van der Waals surface area contributed by atoms with Crippen molar-refractivity contribution in [1.29, 1.82) is 0 Å². The molecule has 1 fully saturated rings. The Bertz CT molecular complexity index is 650. The van der Waals surface area contributed by atoms with Gasteiger partial charge < -0.3 is 15.0 Å². The lowest BCUT2D eigenvalue weighted by Crippen LogP contribution is -2.17. The first-order valence-corrected chi connectivity index (χ1v) is 6.27. The first kappa shape index (κ1) is 12.2. The van der Waals surface area contributed by atoms with Gasteiger partial charge >= 0.3 is 5.97 Å². The molecule has 3 rings (SSSR count). The number of fused-ring (bicyclic) bond motifs is 1. The standard InChI is InChI=1S/C14H15FN2O2/c1-17-3-2-8-4-11(15)10(6-13(8)17)12-5-9(7-16-12)14(18)19/h2-4,6,9,12,16H,5,7H2,1H3,(H,18,19). The third-order valence-corrected chi connectivity index (χ3v) is 3.86. The Morgan fingerprint density at radius 3 is 3.00 bits per heavy atom. The molecule has 2 unspecified atom stereocenters. The molecule has 5 heteroatoms. The SMILES string of the molecule is Cn1ccc2cc(F)c(C3CC(C(=O)O)CN3)cc21. The van der Waals surface area contributed by atoms with Crippen LogP contribution in [0.1, 0.15) is 18.0 Å². The van der Waals surface area contributed by atoms with Gasteiger partial charge in [0.15, 0.2) is 0 Å². The third-order valence-electron chi connectivity index (χ3n) is 3.86. The van der Waals surface area contributed by atoms with Crippen LogP contribution in [-0.2, 0) is 11.8 Å². The maximum absolute atomic E-state index is 14.1. The van der Waals surface area contributed by atoms with Gasteiger partial charge in [0.25, 0.3) is 0 Å². The number of carboxylic acids is 1. The zero-order valence-electron chi connectivity index (χ0n) is 10.6. The van der Waals surface area contributed by atoms with E-state index in [1.807, 2.05) is 29.9 Å². The lowest BCUT2D eigenvalue weighted by Gasteiger charge is -2.12. The van der Waals surface area contributed by atoms with Crippen LogP contribution in [0.25, 0.3) is 10.9 Å². The van der Waals surface area contributed by atoms with E-state index in [0.717, 1.165) is 10.9 Å². The minimum atomic E-state index is -0.824. The first-order valence-electron chi connectivity index (χ1n) is 6.27. The highest BCUT2D eigenvalue weighted by molar-refractivity contribution is 5.81. The molecule has 1 aromatic heterocycles. The largest absolute Gasteiger partial charge is 0.481 e. The summed E-state index contributed by atoms with van der Waals surface area (Å²) in [7, 11) is 1.91. The number of carbonyl (C=O) groups is 1. The molecule has 0 radical (unpaired) electrons. The Balaban J connectivity index is 1.98. The molecule has 1 saturated heterocycles. The fourth-order valence-electron chi connectivity index (χ4n) is 2.73. The van der Waals surface area contributed by atoms with E-state index in [1.54, 1.807) is 0 Å². The van der Waals surface area contributed by atoms with Crippen LogP contribution in [0.2, 0.25) is 0 Å². The molecule has 2 N–H and O–H groups in total. The highest BCUT2D eigenvalue weighted by Crippen LogP contribution is 2.31. The second-order valence-corrected chi connectivity index (χ2v) is 5.09. The van der Waals surface area contributed by atoms with Gasteiger partial charge in [-0.2, -0.15) is 0 Å². The van der Waals surface area contributed by atoms with Crippen molar-refractivity contribution in [3.05, 3.63) is 35.8 Å². The van der Waals surface area contributed by atoms with Gasteiger partial charge in [-0.3, -0.25) is 4.79 Å². The van der Waals surface area contributed by atoms with E-state index < -0.39 is 11.9 Å². The summed E-state index contributed by atoms with van der Waals surface area (Å²) in [4.78, 5) is 11.0. The molecule has 100 valence electrons. The van der Waals surface area contributed by atoms with Crippen LogP contribution in [0, 0.1) is 11.7 Å². The Hall–Kier alpha value is -1.88. The predicted octanol–water partition coefficient (Wildman–Crippen LogP) is 2.05. The quantitative estimate of drug-likeness (QED) is 0.871. The predicted molar refractivity (Wildman–Crippen MR) is 69.4 cm³/mol. The number of hydrogen-bond acceptors (Lipinski definition) is 2. The van der Waals surface area contributed by atoms with Crippen molar-refractivity contribution in [3.63, 3.8) is 0 Å². The molecular weight excluding hydrogens is 247 g/mol. The zero-order valence-corrected chi connectivity index (χ0v) is 10.6. The molecule has 2 atom stereocenters. The summed E-state index contributed by atoms with van der Waals surface area (Å²) in [5.41, 5.74) is 1.51. The van der Waals surface area contributed by atoms with Crippen LogP contribution < -0.4 is 5.32 Å². The zero-order chi connectivity index (χ0) is 13.6. The second kappa shape index (κ2) is 4.35. The molecule has 2 aromatic rings. The molecule has 19 heavy (non-hydrogen) atoms. The summed E-state index contributed by atoms with van der Waals surface area (Å²) in [6.07, 6.45) is 2.32. The minimum Gasteiger partial charge on any atom is -0.481 e. The van der Waals surface area contributed by atoms with Gasteiger partial charge in [0.1, 0.15) is 5.82 Å². The molecule has 1 aliphatic heterocycles. The summed E-state index contributed by atoms with van der Waals surface area (Å²) >= 11 is 0. The molecule has 0 aliphatic carbocycles. The van der Waals surface area contributed by atoms with E-state index in [1.165, 1.54) is 6.07 Å². The maximum atomic E-state index is 14.1. The van der Waals surface area contributed by atoms with Crippen LogP contribution in [-0.4, -0.2) is 22.2 Å². The van der Waals surface area contributed by atoms with E-state index in [9.17, 15) is 9.18 Å². The van der Waals surface area contributed by atoms with Gasteiger partial charge in [0.2, 0.25) is 0 Å². The van der Waals surface area contributed by atoms with Gasteiger partial charge in [-0.25, -0.2) is 4.39 Å². The highest BCUT2D eigenvalue weighted by Gasteiger charge is 2.31. The van der Waals surface area contributed by atoms with Gasteiger partial charge in [0.05, 0.1) is 5.92 Å². The lowest BCUT2D eigenvalue weighted by atomic mass is 9.99. The van der Waals surface area contributed by atoms with Crippen LogP contribution in [0.15, 0.2) is 24.4 Å². The average Bonchev–Trinajstić information content (AvgIpc) is 2.96. The number of aliphatic carboxylic acids is 1. The summed E-state index contributed by atoms with van der Waals surface area (Å²) in [5, 5.41) is 12.9. The second-order valence-electron chi connectivity index (χ2n) is 5.09. The van der Waals surface area contributed by atoms with Gasteiger partial charge in [0, 0.05) is 42.3 Å². The molecule has 0 amide bonds. The van der Waals surface area contributed by atoms with E-state index >= 15 is 0 Å². The van der Waals surface area contributed by atoms with E-state index in [4.69, 9.17) is 5.11 Å². The maximum Gasteiger partial charge on any atom is 0.307 e. The van der Waals surface area contributed by atoms with E-state index in [2.05, 4.69) is 5.32 Å². The summed E-state index contributed by atoms with van der Waals surface area (Å²) in [6.45, 7) is 0.393. The molecular formula is C14H15FN2O2. The molecule has 2 heterocycles. The van der Waals surface area contributed by atoms with Gasteiger partial charge in [-0.1, -0.05) is 0 Å². The lowest BCUT2D eigenvalue weighted by molar-refractivity contribution is -0.141. The van der Waals surface area contributed by atoms with E-state index in [0.29, 0.717) is 18.5 Å². The Morgan fingerprint density at radius 1 is 1.53 bits per heavy atom. The van der Waals surface area contributed by atoms with Crippen molar-refractivity contribution >= 4 is 16.9 Å². The number of hydrogen-bond donors (Lipinski definition) is 2. The van der Waals surface area contributed by atoms with Gasteiger partial charge in [-0.15, -0.1) is 0 Å². The molecule has 1 aliphatic rings. The van der Waals surface area contributed by atoms with Crippen molar-refractivity contribution < 1.29 is 14.3 Å². The Kier molecular flexibility index (Phi) is 2.78. The van der Waals surface area contributed by atoms with Crippen molar-refractivity contribution in [2.24, 2.45) is 13.0 Å². The number of benzene rings is 1.